The molecule has 0 radical (unpaired) electrons. The largest absolute Gasteiger partial charge is 0.467 e. The van der Waals surface area contributed by atoms with Crippen LogP contribution in [0.2, 0.25) is 0 Å². The molecule has 6 nitrogen and oxygen atoms in total. The molecule has 1 aromatic heterocycles. The average molecular weight is 349 g/mol. The number of esters is 1. The van der Waals surface area contributed by atoms with Crippen LogP contribution in [0, 0.1) is 5.89 Å². The molecule has 1 amide bonds. The Kier molecular flexibility index (Phi) is 3.06. The van der Waals surface area contributed by atoms with Gasteiger partial charge in [0, 0.05) is 35.9 Å². The Balaban J connectivity index is 2.35. The smallest absolute Gasteiger partial charge is 0.328 e. The Morgan fingerprint density at radius 2 is 2.21 bits per heavy atom. The molecular weight excluding hydrogens is 306 g/mol. The van der Waals surface area contributed by atoms with Gasteiger partial charge in [-0.3, -0.25) is 4.79 Å². The molecule has 0 spiro atoms. The third kappa shape index (κ3) is 4.35. The number of hydrogen-bond acceptors (Lipinski definition) is 4. The van der Waals surface area contributed by atoms with Crippen molar-refractivity contribution in [3.63, 3.8) is 0 Å². The zero-order valence-electron chi connectivity index (χ0n) is 22.1. The van der Waals surface area contributed by atoms with Crippen LogP contribution in [0.5, 0.6) is 0 Å². The lowest BCUT2D eigenvalue weighted by molar-refractivity contribution is -0.145. The molecule has 0 aliphatic carbocycles. The maximum atomic E-state index is 12.8. The molecule has 2 rings (SSSR count). The van der Waals surface area contributed by atoms with Crippen molar-refractivity contribution in [1.82, 2.24) is 10.3 Å². The van der Waals surface area contributed by atoms with Gasteiger partial charge in [0.05, 0.1) is 13.2 Å². The van der Waals surface area contributed by atoms with E-state index in [4.69, 9.17) is 22.8 Å². The van der Waals surface area contributed by atoms with E-state index in [1.165, 1.54) is 0 Å². The second-order valence-electron chi connectivity index (χ2n) is 5.14. The maximum absolute atomic E-state index is 12.8. The van der Waals surface area contributed by atoms with Gasteiger partial charge in [-0.05, 0) is 23.9 Å². The van der Waals surface area contributed by atoms with Gasteiger partial charge in [-0.1, -0.05) is 31.9 Å². The van der Waals surface area contributed by atoms with Crippen LogP contribution in [0.15, 0.2) is 30.5 Å². The lowest BCUT2D eigenvalue weighted by atomic mass is 10.0. The van der Waals surface area contributed by atoms with E-state index in [-0.39, 0.29) is 6.42 Å². The Bertz CT molecular complexity index is 1000. The number of carbonyl (C=O) groups excluding carboxylic acids is 2. The van der Waals surface area contributed by atoms with Crippen LogP contribution in [-0.2, 0) is 20.7 Å². The third-order valence-electron chi connectivity index (χ3n) is 3.48. The van der Waals surface area contributed by atoms with Crippen molar-refractivity contribution in [3.8, 4) is 0 Å². The number of benzene rings is 1. The van der Waals surface area contributed by atoms with Gasteiger partial charge >= 0.3 is 5.97 Å². The molecule has 0 saturated carbocycles. The van der Waals surface area contributed by atoms with Crippen molar-refractivity contribution < 1.29 is 26.7 Å². The Labute approximate surface area is 154 Å². The topological polar surface area (TPSA) is 97.2 Å². The number of nitrogens with two attached hydrogens (primary N) is 1. The van der Waals surface area contributed by atoms with E-state index in [1.807, 2.05) is 0 Å². The monoisotopic (exact) mass is 349 g/mol. The van der Waals surface area contributed by atoms with Crippen LogP contribution >= 0.6 is 0 Å². The van der Waals surface area contributed by atoms with Gasteiger partial charge in [-0.15, -0.1) is 0 Å². The lowest BCUT2D eigenvalue weighted by Crippen LogP contribution is -2.50. The van der Waals surface area contributed by atoms with E-state index >= 15 is 0 Å². The van der Waals surface area contributed by atoms with E-state index in [0.29, 0.717) is 5.56 Å². The second-order valence-corrected chi connectivity index (χ2v) is 5.14. The molecule has 2 aromatic rings. The Morgan fingerprint density at radius 1 is 1.46 bits per heavy atom. The first-order valence-corrected chi connectivity index (χ1v) is 7.18. The van der Waals surface area contributed by atoms with Gasteiger partial charge in [0.1, 0.15) is 6.04 Å². The summed E-state index contributed by atoms with van der Waals surface area (Å²) in [5.74, 6) is -5.95. The lowest BCUT2D eigenvalue weighted by Gasteiger charge is -2.20. The van der Waals surface area contributed by atoms with Crippen LogP contribution in [0.4, 0.5) is 0 Å². The molecule has 24 heavy (non-hydrogen) atoms. The number of carbonyl (C=O) groups is 2. The summed E-state index contributed by atoms with van der Waals surface area (Å²) in [4.78, 5) is 28.1. The predicted octanol–water partition coefficient (Wildman–Crippen LogP) is 1.74. The fourth-order valence-corrected chi connectivity index (χ4v) is 2.34. The third-order valence-corrected chi connectivity index (χ3v) is 3.48. The standard InChI is InChI=1S/C18H25N3O3/c1-11(2)8-14(19)17(22)21-16(18(23)24-3)9-12-10-20-15-7-5-4-6-13(12)15/h4-7,10-11,14,16,20H,8-9,19H2,1-3H3,(H,21,22)/t14-,16-/m0/s1/i1T3,2T3,8T2,11T. The molecule has 2 atom stereocenters. The van der Waals surface area contributed by atoms with E-state index < -0.39 is 49.9 Å². The molecule has 4 N–H and O–H groups in total. The zero-order chi connectivity index (χ0) is 25.4. The minimum Gasteiger partial charge on any atom is -0.467 e. The predicted molar refractivity (Wildman–Crippen MR) is 93.4 cm³/mol. The summed E-state index contributed by atoms with van der Waals surface area (Å²) in [7, 11) is 1.08. The van der Waals surface area contributed by atoms with Crippen LogP contribution in [0.1, 0.15) is 38.0 Å². The van der Waals surface area contributed by atoms with Gasteiger partial charge in [-0.25, -0.2) is 4.79 Å². The number of aromatic nitrogens is 1. The number of amides is 1. The molecule has 1 aromatic carbocycles. The zero-order valence-corrected chi connectivity index (χ0v) is 13.1. The van der Waals surface area contributed by atoms with E-state index in [2.05, 4.69) is 10.3 Å². The van der Waals surface area contributed by atoms with E-state index in [1.54, 1.807) is 30.5 Å². The van der Waals surface area contributed by atoms with Crippen molar-refractivity contribution in [3.05, 3.63) is 36.0 Å². The Hall–Kier alpha value is -2.34. The molecule has 0 aliphatic rings. The summed E-state index contributed by atoms with van der Waals surface area (Å²) in [6.07, 6.45) is -2.00. The molecule has 0 unspecified atom stereocenters. The summed E-state index contributed by atoms with van der Waals surface area (Å²) in [6.45, 7) is -7.29. The Morgan fingerprint density at radius 3 is 2.92 bits per heavy atom. The SMILES string of the molecule is [3H]C([3H])([3H])C([3H])(C([3H])([3H])[3H])C([3H])([3H])[C@H](N)C(=O)N[C@@H](Cc1c[nH]c2ccccc12)C(=O)OC. The maximum Gasteiger partial charge on any atom is 0.328 e. The van der Waals surface area contributed by atoms with Gasteiger partial charge < -0.3 is 20.8 Å². The summed E-state index contributed by atoms with van der Waals surface area (Å²) in [5.41, 5.74) is 7.05. The molecular formula is C18H25N3O3. The molecule has 0 aliphatic heterocycles. The number of nitrogens with one attached hydrogen (secondary N) is 2. The van der Waals surface area contributed by atoms with Crippen LogP contribution in [0.25, 0.3) is 10.9 Å². The first kappa shape index (κ1) is 9.22. The fourth-order valence-electron chi connectivity index (χ4n) is 2.34. The second kappa shape index (κ2) is 7.97. The highest BCUT2D eigenvalue weighted by Gasteiger charge is 2.26. The van der Waals surface area contributed by atoms with Crippen molar-refractivity contribution >= 4 is 22.8 Å². The summed E-state index contributed by atoms with van der Waals surface area (Å²) >= 11 is 0. The van der Waals surface area contributed by atoms with E-state index in [0.717, 1.165) is 18.0 Å². The average Bonchev–Trinajstić information content (AvgIpc) is 3.12. The number of methoxy groups -OCH3 is 1. The molecule has 0 saturated heterocycles. The van der Waals surface area contributed by atoms with Gasteiger partial charge in [0.15, 0.2) is 0 Å². The summed E-state index contributed by atoms with van der Waals surface area (Å²) in [5, 5.41) is 2.97. The van der Waals surface area contributed by atoms with Gasteiger partial charge in [0.25, 0.3) is 0 Å². The minimum atomic E-state index is -3.72. The van der Waals surface area contributed by atoms with Gasteiger partial charge in [-0.2, -0.15) is 0 Å². The number of ether oxygens (including phenoxy) is 1. The van der Waals surface area contributed by atoms with Crippen molar-refractivity contribution in [2.75, 3.05) is 7.11 Å². The molecule has 1 heterocycles. The molecule has 0 fully saturated rings. The highest BCUT2D eigenvalue weighted by atomic mass is 16.5. The van der Waals surface area contributed by atoms with Gasteiger partial charge in [0.2, 0.25) is 5.91 Å². The number of H-pyrrole nitrogens is 1. The fraction of sp³-hybridized carbons (Fsp3) is 0.444. The highest BCUT2D eigenvalue weighted by Crippen LogP contribution is 2.19. The van der Waals surface area contributed by atoms with Crippen LogP contribution < -0.4 is 11.1 Å². The summed E-state index contributed by atoms with van der Waals surface area (Å²) < 4.78 is 73.7. The number of hydrogen-bond donors (Lipinski definition) is 3. The summed E-state index contributed by atoms with van der Waals surface area (Å²) in [6, 6.07) is 3.41. The molecule has 0 bridgehead atoms. The molecule has 6 heteroatoms. The quantitative estimate of drug-likeness (QED) is 0.663. The minimum absolute atomic E-state index is 0.0806. The van der Waals surface area contributed by atoms with Crippen molar-refractivity contribution in [1.29, 1.82) is 0 Å². The first-order valence-electron chi connectivity index (χ1n) is 11.7. The van der Waals surface area contributed by atoms with E-state index in [9.17, 15) is 9.59 Å². The molecule has 130 valence electrons. The normalized spacial score (nSPS) is 21.3. The first-order chi connectivity index (χ1) is 15.0. The van der Waals surface area contributed by atoms with Crippen molar-refractivity contribution in [2.24, 2.45) is 11.6 Å². The number of fused-ring (bicyclic) bond motifs is 1. The highest BCUT2D eigenvalue weighted by molar-refractivity contribution is 5.89. The van der Waals surface area contributed by atoms with Crippen molar-refractivity contribution in [2.45, 2.75) is 38.6 Å². The number of rotatable bonds is 7. The number of para-hydroxylation sites is 1. The number of aromatic amines is 1. The van der Waals surface area contributed by atoms with Crippen LogP contribution in [-0.4, -0.2) is 36.1 Å². The van der Waals surface area contributed by atoms with Crippen LogP contribution in [0.3, 0.4) is 0 Å².